The Kier molecular flexibility index (Phi) is 4.47. The standard InChI is InChI=1S/C21H18N6O3/c1-29-16-9-14-15(10-17(16)30-8-7-27-6-5-22-12-27)24-11-25-19(14)18-13-3-2-4-23-20(13)26-21(18)28/h2-6,9-12,18H,7-8H2,1H3,(H,23,26,28). The summed E-state index contributed by atoms with van der Waals surface area (Å²) in [6.07, 6.45) is 8.44. The van der Waals surface area contributed by atoms with Crippen LogP contribution in [-0.2, 0) is 11.3 Å². The first kappa shape index (κ1) is 18.0. The molecule has 1 aliphatic rings. The van der Waals surface area contributed by atoms with Gasteiger partial charge < -0.3 is 19.4 Å². The number of nitrogens with one attached hydrogen (secondary N) is 1. The van der Waals surface area contributed by atoms with Gasteiger partial charge in [0.1, 0.15) is 24.7 Å². The van der Waals surface area contributed by atoms with Crippen LogP contribution in [0.25, 0.3) is 10.9 Å². The van der Waals surface area contributed by atoms with Gasteiger partial charge in [0.25, 0.3) is 0 Å². The van der Waals surface area contributed by atoms with E-state index in [4.69, 9.17) is 9.47 Å². The van der Waals surface area contributed by atoms with E-state index >= 15 is 0 Å². The molecule has 1 aromatic carbocycles. The minimum Gasteiger partial charge on any atom is -0.493 e. The molecule has 0 spiro atoms. The van der Waals surface area contributed by atoms with Gasteiger partial charge in [-0.25, -0.2) is 19.9 Å². The summed E-state index contributed by atoms with van der Waals surface area (Å²) in [6, 6.07) is 7.31. The van der Waals surface area contributed by atoms with E-state index < -0.39 is 5.92 Å². The molecule has 1 amide bonds. The lowest BCUT2D eigenvalue weighted by molar-refractivity contribution is -0.116. The number of hydrogen-bond acceptors (Lipinski definition) is 7. The Morgan fingerprint density at radius 3 is 2.93 bits per heavy atom. The van der Waals surface area contributed by atoms with Crippen molar-refractivity contribution in [3.05, 3.63) is 66.8 Å². The molecular weight excluding hydrogens is 384 g/mol. The Morgan fingerprint density at radius 2 is 2.10 bits per heavy atom. The number of anilines is 1. The minimum absolute atomic E-state index is 0.164. The molecule has 1 unspecified atom stereocenters. The first-order valence-electron chi connectivity index (χ1n) is 9.41. The molecule has 150 valence electrons. The fraction of sp³-hybridized carbons (Fsp3) is 0.190. The van der Waals surface area contributed by atoms with Crippen LogP contribution in [0.15, 0.2) is 55.5 Å². The van der Waals surface area contributed by atoms with E-state index in [0.29, 0.717) is 41.7 Å². The molecule has 0 fully saturated rings. The lowest BCUT2D eigenvalue weighted by Gasteiger charge is -2.15. The van der Waals surface area contributed by atoms with Gasteiger partial charge >= 0.3 is 0 Å². The number of hydrogen-bond donors (Lipinski definition) is 1. The number of carbonyl (C=O) groups excluding carboxylic acids is 1. The van der Waals surface area contributed by atoms with Crippen LogP contribution in [0.2, 0.25) is 0 Å². The summed E-state index contributed by atoms with van der Waals surface area (Å²) in [5.41, 5.74) is 2.07. The molecular formula is C21H18N6O3. The van der Waals surface area contributed by atoms with Gasteiger partial charge in [-0.05, 0) is 12.1 Å². The van der Waals surface area contributed by atoms with Crippen molar-refractivity contribution < 1.29 is 14.3 Å². The van der Waals surface area contributed by atoms with Gasteiger partial charge in [0.15, 0.2) is 11.5 Å². The number of rotatable bonds is 6. The molecule has 1 aliphatic heterocycles. The number of aromatic nitrogens is 5. The van der Waals surface area contributed by atoms with E-state index in [1.807, 2.05) is 35.0 Å². The number of imidazole rings is 1. The van der Waals surface area contributed by atoms with E-state index in [0.717, 1.165) is 10.9 Å². The number of pyridine rings is 1. The van der Waals surface area contributed by atoms with Gasteiger partial charge in [-0.2, -0.15) is 0 Å². The summed E-state index contributed by atoms with van der Waals surface area (Å²) < 4.78 is 13.4. The van der Waals surface area contributed by atoms with Crippen molar-refractivity contribution in [1.82, 2.24) is 24.5 Å². The van der Waals surface area contributed by atoms with Crippen molar-refractivity contribution in [1.29, 1.82) is 0 Å². The summed E-state index contributed by atoms with van der Waals surface area (Å²) in [4.78, 5) is 29.8. The maximum absolute atomic E-state index is 12.7. The molecule has 4 aromatic rings. The average Bonchev–Trinajstić information content (AvgIpc) is 3.39. The quantitative estimate of drug-likeness (QED) is 0.528. The summed E-state index contributed by atoms with van der Waals surface area (Å²) in [7, 11) is 1.58. The number of fused-ring (bicyclic) bond motifs is 2. The van der Waals surface area contributed by atoms with Crippen LogP contribution < -0.4 is 14.8 Å². The Labute approximate surface area is 171 Å². The number of methoxy groups -OCH3 is 1. The number of benzene rings is 1. The SMILES string of the molecule is COc1cc2c(C3C(=O)Nc4ncccc43)ncnc2cc1OCCn1ccnc1. The molecule has 9 nitrogen and oxygen atoms in total. The summed E-state index contributed by atoms with van der Waals surface area (Å²) in [6.45, 7) is 1.10. The van der Waals surface area contributed by atoms with Gasteiger partial charge in [-0.3, -0.25) is 4.79 Å². The summed E-state index contributed by atoms with van der Waals surface area (Å²) in [5.74, 6) is 0.965. The van der Waals surface area contributed by atoms with Gasteiger partial charge in [-0.1, -0.05) is 6.07 Å². The fourth-order valence-corrected chi connectivity index (χ4v) is 3.62. The third-order valence-electron chi connectivity index (χ3n) is 5.04. The highest BCUT2D eigenvalue weighted by Gasteiger charge is 2.35. The lowest BCUT2D eigenvalue weighted by atomic mass is 9.95. The van der Waals surface area contributed by atoms with Gasteiger partial charge in [0.2, 0.25) is 5.91 Å². The molecule has 1 N–H and O–H groups in total. The molecule has 0 aliphatic carbocycles. The van der Waals surface area contributed by atoms with Crippen molar-refractivity contribution >= 4 is 22.6 Å². The molecule has 0 saturated heterocycles. The average molecular weight is 402 g/mol. The number of carbonyl (C=O) groups is 1. The van der Waals surface area contributed by atoms with Gasteiger partial charge in [0, 0.05) is 35.6 Å². The number of amides is 1. The van der Waals surface area contributed by atoms with Gasteiger partial charge in [0.05, 0.1) is 31.2 Å². The van der Waals surface area contributed by atoms with Gasteiger partial charge in [-0.15, -0.1) is 0 Å². The minimum atomic E-state index is -0.558. The first-order valence-corrected chi connectivity index (χ1v) is 9.41. The fourth-order valence-electron chi connectivity index (χ4n) is 3.62. The molecule has 0 radical (unpaired) electrons. The maximum atomic E-state index is 12.7. The molecule has 0 saturated carbocycles. The molecule has 1 atom stereocenters. The maximum Gasteiger partial charge on any atom is 0.239 e. The topological polar surface area (TPSA) is 104 Å². The second-order valence-electron chi connectivity index (χ2n) is 6.79. The second-order valence-corrected chi connectivity index (χ2v) is 6.79. The third kappa shape index (κ3) is 3.10. The number of ether oxygens (including phenoxy) is 2. The van der Waals surface area contributed by atoms with E-state index in [2.05, 4.69) is 25.3 Å². The molecule has 5 rings (SSSR count). The second kappa shape index (κ2) is 7.43. The van der Waals surface area contributed by atoms with E-state index in [9.17, 15) is 4.79 Å². The van der Waals surface area contributed by atoms with Crippen LogP contribution in [0.5, 0.6) is 11.5 Å². The monoisotopic (exact) mass is 402 g/mol. The number of nitrogens with zero attached hydrogens (tertiary/aromatic N) is 5. The van der Waals surface area contributed by atoms with Crippen LogP contribution in [-0.4, -0.2) is 44.1 Å². The Morgan fingerprint density at radius 1 is 1.17 bits per heavy atom. The first-order chi connectivity index (χ1) is 14.7. The predicted octanol–water partition coefficient (Wildman–Crippen LogP) is 2.39. The Hall–Kier alpha value is -4.01. The highest BCUT2D eigenvalue weighted by atomic mass is 16.5. The zero-order chi connectivity index (χ0) is 20.5. The zero-order valence-electron chi connectivity index (χ0n) is 16.1. The van der Waals surface area contributed by atoms with Crippen LogP contribution in [0, 0.1) is 0 Å². The van der Waals surface area contributed by atoms with E-state index in [1.54, 1.807) is 25.8 Å². The lowest BCUT2D eigenvalue weighted by Crippen LogP contribution is -2.15. The molecule has 9 heteroatoms. The highest BCUT2D eigenvalue weighted by molar-refractivity contribution is 6.05. The Balaban J connectivity index is 1.51. The largest absolute Gasteiger partial charge is 0.493 e. The smallest absolute Gasteiger partial charge is 0.239 e. The van der Waals surface area contributed by atoms with E-state index in [-0.39, 0.29) is 5.91 Å². The van der Waals surface area contributed by atoms with Crippen LogP contribution in [0.3, 0.4) is 0 Å². The predicted molar refractivity (Wildman–Crippen MR) is 109 cm³/mol. The van der Waals surface area contributed by atoms with E-state index in [1.165, 1.54) is 6.33 Å². The van der Waals surface area contributed by atoms with Crippen molar-refractivity contribution in [2.75, 3.05) is 19.0 Å². The molecule has 3 aromatic heterocycles. The van der Waals surface area contributed by atoms with Crippen LogP contribution >= 0.6 is 0 Å². The van der Waals surface area contributed by atoms with Crippen molar-refractivity contribution in [3.8, 4) is 11.5 Å². The molecule has 4 heterocycles. The van der Waals surface area contributed by atoms with Crippen molar-refractivity contribution in [2.24, 2.45) is 0 Å². The molecule has 0 bridgehead atoms. The zero-order valence-corrected chi connectivity index (χ0v) is 16.1. The van der Waals surface area contributed by atoms with Crippen molar-refractivity contribution in [2.45, 2.75) is 12.5 Å². The normalized spacial score (nSPS) is 15.1. The third-order valence-corrected chi connectivity index (χ3v) is 5.04. The van der Waals surface area contributed by atoms with Crippen LogP contribution in [0.1, 0.15) is 17.2 Å². The Bertz CT molecular complexity index is 1220. The summed E-state index contributed by atoms with van der Waals surface area (Å²) in [5, 5.41) is 3.55. The van der Waals surface area contributed by atoms with Crippen molar-refractivity contribution in [3.63, 3.8) is 0 Å². The van der Waals surface area contributed by atoms with Crippen LogP contribution in [0.4, 0.5) is 5.82 Å². The molecule has 30 heavy (non-hydrogen) atoms. The summed E-state index contributed by atoms with van der Waals surface area (Å²) >= 11 is 0. The highest BCUT2D eigenvalue weighted by Crippen LogP contribution is 2.39.